The van der Waals surface area contributed by atoms with Gasteiger partial charge < -0.3 is 8.92 Å². The zero-order chi connectivity index (χ0) is 31.8. The molecule has 3 aromatic carbocycles. The molecule has 0 unspecified atom stereocenters. The van der Waals surface area contributed by atoms with Crippen molar-refractivity contribution in [1.29, 1.82) is 0 Å². The molecule has 0 bridgehead atoms. The third-order valence-electron chi connectivity index (χ3n) is 5.82. The van der Waals surface area contributed by atoms with Gasteiger partial charge in [0.2, 0.25) is 10.0 Å². The predicted octanol–water partition coefficient (Wildman–Crippen LogP) is 3.91. The lowest BCUT2D eigenvalue weighted by molar-refractivity contribution is -0.385. The van der Waals surface area contributed by atoms with E-state index in [0.717, 1.165) is 17.7 Å². The van der Waals surface area contributed by atoms with E-state index in [1.807, 2.05) is 20.8 Å². The van der Waals surface area contributed by atoms with Crippen molar-refractivity contribution < 1.29 is 35.5 Å². The Bertz CT molecular complexity index is 1710. The number of amides is 1. The monoisotopic (exact) mass is 632 g/mol. The number of carbonyl (C=O) groups is 1. The van der Waals surface area contributed by atoms with Gasteiger partial charge in [-0.2, -0.15) is 18.2 Å². The van der Waals surface area contributed by atoms with E-state index >= 15 is 0 Å². The Balaban J connectivity index is 1.76. The van der Waals surface area contributed by atoms with Gasteiger partial charge in [-0.1, -0.05) is 37.6 Å². The van der Waals surface area contributed by atoms with Gasteiger partial charge in [-0.05, 0) is 68.1 Å². The first-order valence-electron chi connectivity index (χ1n) is 13.1. The molecule has 0 saturated heterocycles. The summed E-state index contributed by atoms with van der Waals surface area (Å²) in [5.41, 5.74) is 3.21. The molecule has 0 radical (unpaired) electrons. The number of sulfonamides is 1. The Morgan fingerprint density at radius 1 is 1.00 bits per heavy atom. The fraction of sp³-hybridized carbons (Fsp3) is 0.286. The number of benzene rings is 3. The molecule has 43 heavy (non-hydrogen) atoms. The molecule has 230 valence electrons. The van der Waals surface area contributed by atoms with E-state index in [-0.39, 0.29) is 35.3 Å². The summed E-state index contributed by atoms with van der Waals surface area (Å²) in [6.45, 7) is 7.36. The summed E-state index contributed by atoms with van der Waals surface area (Å²) >= 11 is 0. The fourth-order valence-corrected chi connectivity index (χ4v) is 5.95. The summed E-state index contributed by atoms with van der Waals surface area (Å²) in [7, 11) is -8.42. The van der Waals surface area contributed by atoms with Crippen molar-refractivity contribution in [2.75, 3.05) is 6.61 Å². The van der Waals surface area contributed by atoms with Crippen LogP contribution in [0.25, 0.3) is 0 Å². The average Bonchev–Trinajstić information content (AvgIpc) is 2.94. The van der Waals surface area contributed by atoms with Crippen LogP contribution in [-0.4, -0.2) is 46.5 Å². The van der Waals surface area contributed by atoms with Gasteiger partial charge in [0.25, 0.3) is 11.6 Å². The van der Waals surface area contributed by atoms with Gasteiger partial charge in [0, 0.05) is 12.1 Å². The van der Waals surface area contributed by atoms with Crippen molar-refractivity contribution in [2.45, 2.75) is 49.9 Å². The Morgan fingerprint density at radius 3 is 2.33 bits per heavy atom. The second-order valence-corrected chi connectivity index (χ2v) is 13.0. The highest BCUT2D eigenvalue weighted by Crippen LogP contribution is 2.31. The van der Waals surface area contributed by atoms with Crippen LogP contribution in [0, 0.1) is 23.0 Å². The predicted molar refractivity (Wildman–Crippen MR) is 159 cm³/mol. The molecular formula is C28H32N4O9S2. The SMILES string of the molecule is CCOc1cc(/C=N\NC(=O)[C@H](CC(C)C)NS(=O)(=O)c2ccc(C)cc2)ccc1OS(=O)(=O)c1cccc([N+](=O)[O-])c1. The van der Waals surface area contributed by atoms with E-state index in [0.29, 0.717) is 5.56 Å². The third-order valence-corrected chi connectivity index (χ3v) is 8.54. The first-order chi connectivity index (χ1) is 20.2. The first kappa shape index (κ1) is 33.2. The number of nitro benzene ring substituents is 1. The minimum Gasteiger partial charge on any atom is -0.490 e. The minimum atomic E-state index is -4.44. The van der Waals surface area contributed by atoms with E-state index in [4.69, 9.17) is 8.92 Å². The molecule has 2 N–H and O–H groups in total. The molecule has 0 fully saturated rings. The summed E-state index contributed by atoms with van der Waals surface area (Å²) in [5.74, 6) is -0.818. The zero-order valence-electron chi connectivity index (χ0n) is 23.9. The fourth-order valence-electron chi connectivity index (χ4n) is 3.76. The van der Waals surface area contributed by atoms with Crippen LogP contribution >= 0.6 is 0 Å². The first-order valence-corrected chi connectivity index (χ1v) is 16.0. The molecule has 1 amide bonds. The van der Waals surface area contributed by atoms with Crippen LogP contribution in [0.2, 0.25) is 0 Å². The van der Waals surface area contributed by atoms with Crippen molar-refractivity contribution in [1.82, 2.24) is 10.1 Å². The van der Waals surface area contributed by atoms with Gasteiger partial charge in [0.15, 0.2) is 11.5 Å². The van der Waals surface area contributed by atoms with Crippen LogP contribution in [0.4, 0.5) is 5.69 Å². The second-order valence-electron chi connectivity index (χ2n) is 9.78. The van der Waals surface area contributed by atoms with Crippen LogP contribution in [0.3, 0.4) is 0 Å². The standard InChI is InChI=1S/C28H32N4O9S2/c1-5-40-27-16-21(11-14-26(27)41-43(38,39)24-8-6-7-22(17-24)32(34)35)18-29-30-28(33)25(15-19(2)3)31-42(36,37)23-12-9-20(4)10-13-23/h6-14,16-19,25,31H,5,15H2,1-4H3,(H,30,33)/b29-18-/t25-/m0/s1. The molecule has 15 heteroatoms. The topological polar surface area (TPSA) is 183 Å². The van der Waals surface area contributed by atoms with Gasteiger partial charge in [0.1, 0.15) is 10.9 Å². The number of aryl methyl sites for hydroxylation is 1. The van der Waals surface area contributed by atoms with Crippen molar-refractivity contribution in [2.24, 2.45) is 11.0 Å². The molecule has 3 rings (SSSR count). The quantitative estimate of drug-likeness (QED) is 0.115. The number of nitro groups is 1. The van der Waals surface area contributed by atoms with E-state index in [1.54, 1.807) is 19.1 Å². The van der Waals surface area contributed by atoms with Gasteiger partial charge in [-0.15, -0.1) is 0 Å². The molecule has 3 aromatic rings. The maximum absolute atomic E-state index is 12.9. The van der Waals surface area contributed by atoms with Gasteiger partial charge in [-0.25, -0.2) is 13.8 Å². The van der Waals surface area contributed by atoms with E-state index in [2.05, 4.69) is 15.2 Å². The number of non-ortho nitro benzene ring substituents is 1. The molecule has 0 aliphatic carbocycles. The Morgan fingerprint density at radius 2 is 1.70 bits per heavy atom. The highest BCUT2D eigenvalue weighted by atomic mass is 32.2. The van der Waals surface area contributed by atoms with Gasteiger partial charge in [0.05, 0.1) is 22.6 Å². The number of carbonyl (C=O) groups excluding carboxylic acids is 1. The zero-order valence-corrected chi connectivity index (χ0v) is 25.5. The summed E-state index contributed by atoms with van der Waals surface area (Å²) in [5, 5.41) is 15.0. The van der Waals surface area contributed by atoms with E-state index in [9.17, 15) is 31.7 Å². The van der Waals surface area contributed by atoms with Gasteiger partial charge in [-0.3, -0.25) is 14.9 Å². The number of nitrogens with one attached hydrogen (secondary N) is 2. The van der Waals surface area contributed by atoms with Gasteiger partial charge >= 0.3 is 10.1 Å². The van der Waals surface area contributed by atoms with Crippen molar-refractivity contribution >= 4 is 38.0 Å². The summed E-state index contributed by atoms with van der Waals surface area (Å²) in [4.78, 5) is 22.8. The van der Waals surface area contributed by atoms with Crippen LogP contribution < -0.4 is 19.1 Å². The molecule has 13 nitrogen and oxygen atoms in total. The molecule has 0 aliphatic heterocycles. The molecular weight excluding hydrogens is 600 g/mol. The molecule has 0 aromatic heterocycles. The highest BCUT2D eigenvalue weighted by molar-refractivity contribution is 7.89. The molecule has 0 saturated carbocycles. The number of ether oxygens (including phenoxy) is 1. The number of nitrogens with zero attached hydrogens (tertiary/aromatic N) is 2. The Labute approximate surface area is 250 Å². The second kappa shape index (κ2) is 14.2. The lowest BCUT2D eigenvalue weighted by Crippen LogP contribution is -2.46. The van der Waals surface area contributed by atoms with E-state index < -0.39 is 47.6 Å². The Hall–Kier alpha value is -4.34. The van der Waals surface area contributed by atoms with E-state index in [1.165, 1.54) is 48.7 Å². The molecule has 1 atom stereocenters. The summed E-state index contributed by atoms with van der Waals surface area (Å²) < 4.78 is 64.5. The smallest absolute Gasteiger partial charge is 0.339 e. The summed E-state index contributed by atoms with van der Waals surface area (Å²) in [6.07, 6.45) is 1.48. The lowest BCUT2D eigenvalue weighted by Gasteiger charge is -2.19. The van der Waals surface area contributed by atoms with Crippen LogP contribution in [0.15, 0.2) is 81.6 Å². The average molecular weight is 633 g/mol. The van der Waals surface area contributed by atoms with Crippen molar-refractivity contribution in [3.8, 4) is 11.5 Å². The highest BCUT2D eigenvalue weighted by Gasteiger charge is 2.27. The third kappa shape index (κ3) is 9.33. The van der Waals surface area contributed by atoms with Crippen molar-refractivity contribution in [3.63, 3.8) is 0 Å². The number of hydrogen-bond donors (Lipinski definition) is 2. The largest absolute Gasteiger partial charge is 0.490 e. The Kier molecular flexibility index (Phi) is 11.0. The normalized spacial score (nSPS) is 12.7. The molecule has 0 aliphatic rings. The number of hydrazone groups is 1. The van der Waals surface area contributed by atoms with Crippen LogP contribution in [-0.2, 0) is 24.9 Å². The summed E-state index contributed by atoms with van der Waals surface area (Å²) in [6, 6.07) is 13.7. The van der Waals surface area contributed by atoms with Crippen LogP contribution in [0.1, 0.15) is 38.3 Å². The van der Waals surface area contributed by atoms with Crippen molar-refractivity contribution in [3.05, 3.63) is 88.0 Å². The minimum absolute atomic E-state index is 0.0138. The molecule has 0 heterocycles. The lowest BCUT2D eigenvalue weighted by atomic mass is 10.0. The maximum atomic E-state index is 12.9. The van der Waals surface area contributed by atoms with Crippen LogP contribution in [0.5, 0.6) is 11.5 Å². The number of hydrogen-bond acceptors (Lipinski definition) is 10. The molecule has 0 spiro atoms. The maximum Gasteiger partial charge on any atom is 0.339 e. The number of rotatable bonds is 14.